The molecular weight excluding hydrogens is 1030 g/mol. The molecule has 0 saturated heterocycles. The molecule has 0 bridgehead atoms. The lowest BCUT2D eigenvalue weighted by Crippen LogP contribution is -2.37. The van der Waals surface area contributed by atoms with E-state index in [-0.39, 0.29) is 68.9 Å². The van der Waals surface area contributed by atoms with Crippen molar-refractivity contribution in [2.24, 2.45) is 0 Å². The number of hydrogen-bond acceptors (Lipinski definition) is 15. The number of carbonyl (C=O) groups is 3. The van der Waals surface area contributed by atoms with Gasteiger partial charge in [0.2, 0.25) is 0 Å². The van der Waals surface area contributed by atoms with Gasteiger partial charge in [0.25, 0.3) is 13.7 Å². The number of phosphoric ester groups is 1. The van der Waals surface area contributed by atoms with Crippen molar-refractivity contribution in [3.63, 3.8) is 0 Å². The van der Waals surface area contributed by atoms with Crippen molar-refractivity contribution >= 4 is 36.9 Å². The number of esters is 1. The van der Waals surface area contributed by atoms with Crippen LogP contribution in [0, 0.1) is 0 Å². The third-order valence-electron chi connectivity index (χ3n) is 12.2. The second-order valence-corrected chi connectivity index (χ2v) is 21.0. The standard InChI is InChI=1S/C61H66N3O14P/c1-43(65)44-8-20-51(21-9-44)75-53-24-12-47(13-25-53)61(2,3)48-14-26-54(27-15-48)76-52-22-10-45(11-23-52)59(66)63-50-18-30-56(31-19-50)78-58-41-46(40-57(42-58)77-55-28-16-49(62-4)17-29-55)60(67)72-38-36-70-34-35-71-37-39-74-79(68,69)73-33-32-64(5,6)7/h8-31,40-42,62H,32-39H2,1-7H3,(H-,63,66,68,69). The topological polar surface area (TPSA) is 198 Å². The molecule has 0 heterocycles. The van der Waals surface area contributed by atoms with Crippen molar-refractivity contribution in [3.05, 3.63) is 192 Å². The summed E-state index contributed by atoms with van der Waals surface area (Å²) in [6, 6.07) is 48.6. The van der Waals surface area contributed by atoms with Crippen LogP contribution in [0.3, 0.4) is 0 Å². The molecule has 7 aromatic carbocycles. The average Bonchev–Trinajstić information content (AvgIpc) is 3.47. The monoisotopic (exact) mass is 1100 g/mol. The number of anilines is 2. The van der Waals surface area contributed by atoms with Gasteiger partial charge in [-0.2, -0.15) is 0 Å². The molecule has 0 aliphatic carbocycles. The molecule has 414 valence electrons. The number of carbonyl (C=O) groups excluding carboxylic acids is 3. The van der Waals surface area contributed by atoms with E-state index in [1.54, 1.807) is 97.1 Å². The van der Waals surface area contributed by atoms with Crippen molar-refractivity contribution in [2.75, 3.05) is 91.6 Å². The summed E-state index contributed by atoms with van der Waals surface area (Å²) in [6.07, 6.45) is 0. The summed E-state index contributed by atoms with van der Waals surface area (Å²) in [5.74, 6) is 3.17. The number of amides is 1. The molecule has 1 amide bonds. The summed E-state index contributed by atoms with van der Waals surface area (Å²) in [6.45, 7) is 6.52. The maximum Gasteiger partial charge on any atom is 0.338 e. The summed E-state index contributed by atoms with van der Waals surface area (Å²) < 4.78 is 63.0. The van der Waals surface area contributed by atoms with Crippen molar-refractivity contribution < 1.29 is 70.5 Å². The molecule has 0 aromatic heterocycles. The van der Waals surface area contributed by atoms with Crippen LogP contribution in [0.4, 0.5) is 11.4 Å². The number of hydrogen-bond donors (Lipinski definition) is 2. The van der Waals surface area contributed by atoms with E-state index in [1.165, 1.54) is 13.0 Å². The Kier molecular flexibility index (Phi) is 20.6. The molecule has 0 fully saturated rings. The van der Waals surface area contributed by atoms with E-state index >= 15 is 0 Å². The predicted octanol–water partition coefficient (Wildman–Crippen LogP) is 12.1. The fraction of sp³-hybridized carbons (Fsp3) is 0.262. The zero-order valence-corrected chi connectivity index (χ0v) is 46.2. The Morgan fingerprint density at radius 3 is 1.34 bits per heavy atom. The van der Waals surface area contributed by atoms with E-state index in [1.807, 2.05) is 88.9 Å². The van der Waals surface area contributed by atoms with E-state index in [2.05, 4.69) is 24.5 Å². The van der Waals surface area contributed by atoms with Gasteiger partial charge in [-0.3, -0.25) is 14.2 Å². The highest BCUT2D eigenvalue weighted by Crippen LogP contribution is 2.38. The van der Waals surface area contributed by atoms with Gasteiger partial charge in [-0.1, -0.05) is 38.1 Å². The summed E-state index contributed by atoms with van der Waals surface area (Å²) in [4.78, 5) is 50.1. The maximum absolute atomic E-state index is 13.3. The third-order valence-corrected chi connectivity index (χ3v) is 13.2. The van der Waals surface area contributed by atoms with Crippen LogP contribution in [-0.4, -0.2) is 103 Å². The SMILES string of the molecule is CNc1ccc(Oc2cc(Oc3ccc(NC(=O)c4ccc(Oc5ccc(C(C)(C)c6ccc(Oc7ccc(C(C)=O)cc7)cc6)cc5)cc4)cc3)cc(C(=O)OCCOCCOCCOP(=O)([O-])OCC[N+](C)(C)C)c2)cc1. The number of benzene rings is 7. The molecule has 17 nitrogen and oxygen atoms in total. The zero-order chi connectivity index (χ0) is 56.4. The molecule has 18 heteroatoms. The average molecular weight is 1100 g/mol. The molecule has 0 aliphatic heterocycles. The zero-order valence-electron chi connectivity index (χ0n) is 45.4. The largest absolute Gasteiger partial charge is 0.756 e. The van der Waals surface area contributed by atoms with E-state index in [4.69, 9.17) is 42.2 Å². The van der Waals surface area contributed by atoms with Crippen LogP contribution in [0.2, 0.25) is 0 Å². The Labute approximate surface area is 461 Å². The minimum absolute atomic E-state index is 0.00591. The summed E-state index contributed by atoms with van der Waals surface area (Å²) in [5, 5.41) is 5.98. The molecule has 0 aliphatic rings. The number of likely N-dealkylation sites (N-methyl/N-ethyl adjacent to an activating group) is 1. The van der Waals surface area contributed by atoms with Crippen molar-refractivity contribution in [1.29, 1.82) is 0 Å². The number of phosphoric acid groups is 1. The predicted molar refractivity (Wildman–Crippen MR) is 299 cm³/mol. The normalized spacial score (nSPS) is 12.2. The van der Waals surface area contributed by atoms with Gasteiger partial charge in [-0.25, -0.2) is 4.79 Å². The number of nitrogens with zero attached hydrogens (tertiary/aromatic N) is 1. The van der Waals surface area contributed by atoms with E-state index in [0.29, 0.717) is 73.8 Å². The maximum atomic E-state index is 13.3. The molecular formula is C61H66N3O14P. The Morgan fingerprint density at radius 1 is 0.494 bits per heavy atom. The van der Waals surface area contributed by atoms with Gasteiger partial charge >= 0.3 is 5.97 Å². The van der Waals surface area contributed by atoms with Crippen LogP contribution >= 0.6 is 7.82 Å². The Bertz CT molecular complexity index is 3150. The van der Waals surface area contributed by atoms with Gasteiger partial charge in [0.15, 0.2) is 5.78 Å². The van der Waals surface area contributed by atoms with Gasteiger partial charge in [0, 0.05) is 41.0 Å². The first-order valence-electron chi connectivity index (χ1n) is 25.5. The summed E-state index contributed by atoms with van der Waals surface area (Å²) >= 11 is 0. The fourth-order valence-corrected chi connectivity index (χ4v) is 8.28. The highest BCUT2D eigenvalue weighted by atomic mass is 31.2. The van der Waals surface area contributed by atoms with Gasteiger partial charge in [-0.15, -0.1) is 0 Å². The van der Waals surface area contributed by atoms with Crippen molar-refractivity contribution in [3.8, 4) is 46.0 Å². The quantitative estimate of drug-likeness (QED) is 0.0147. The van der Waals surface area contributed by atoms with Crippen LogP contribution in [-0.2, 0) is 33.2 Å². The summed E-state index contributed by atoms with van der Waals surface area (Å²) in [5.41, 5.74) is 4.53. The first-order valence-corrected chi connectivity index (χ1v) is 27.0. The number of Topliss-reactive ketones (excluding diaryl/α,β-unsaturated/α-hetero) is 1. The van der Waals surface area contributed by atoms with Crippen LogP contribution in [0.15, 0.2) is 164 Å². The van der Waals surface area contributed by atoms with Crippen molar-refractivity contribution in [2.45, 2.75) is 26.2 Å². The van der Waals surface area contributed by atoms with Crippen LogP contribution in [0.5, 0.6) is 46.0 Å². The van der Waals surface area contributed by atoms with Gasteiger partial charge in [0.1, 0.15) is 65.8 Å². The number of rotatable bonds is 29. The van der Waals surface area contributed by atoms with E-state index in [9.17, 15) is 23.8 Å². The molecule has 7 rings (SSSR count). The highest BCUT2D eigenvalue weighted by molar-refractivity contribution is 7.45. The molecule has 0 radical (unpaired) electrons. The van der Waals surface area contributed by atoms with E-state index < -0.39 is 13.8 Å². The Morgan fingerprint density at radius 2 is 0.886 bits per heavy atom. The second-order valence-electron chi connectivity index (χ2n) is 19.6. The van der Waals surface area contributed by atoms with Gasteiger partial charge in [-0.05, 0) is 152 Å². The van der Waals surface area contributed by atoms with Gasteiger partial charge < -0.3 is 62.2 Å². The number of quaternary nitrogens is 1. The Balaban J connectivity index is 0.873. The molecule has 1 atom stereocenters. The first kappa shape index (κ1) is 58.8. The molecule has 0 saturated carbocycles. The second kappa shape index (κ2) is 27.6. The lowest BCUT2D eigenvalue weighted by atomic mass is 9.78. The summed E-state index contributed by atoms with van der Waals surface area (Å²) in [7, 11) is 3.15. The smallest absolute Gasteiger partial charge is 0.338 e. The highest BCUT2D eigenvalue weighted by Gasteiger charge is 2.24. The van der Waals surface area contributed by atoms with Crippen molar-refractivity contribution in [1.82, 2.24) is 0 Å². The first-order chi connectivity index (χ1) is 37.8. The molecule has 2 N–H and O–H groups in total. The lowest BCUT2D eigenvalue weighted by molar-refractivity contribution is -0.870. The number of ketones is 1. The van der Waals surface area contributed by atoms with Crippen LogP contribution in [0.25, 0.3) is 0 Å². The molecule has 1 unspecified atom stereocenters. The van der Waals surface area contributed by atoms with Crippen LogP contribution < -0.4 is 34.5 Å². The fourth-order valence-electron chi connectivity index (χ4n) is 7.60. The van der Waals surface area contributed by atoms with Gasteiger partial charge in [0.05, 0.1) is 59.7 Å². The minimum atomic E-state index is -4.42. The molecule has 79 heavy (non-hydrogen) atoms. The molecule has 0 spiro atoms. The number of nitrogens with one attached hydrogen (secondary N) is 2. The van der Waals surface area contributed by atoms with Crippen LogP contribution in [0.1, 0.15) is 63.0 Å². The molecule has 7 aromatic rings. The van der Waals surface area contributed by atoms with E-state index in [0.717, 1.165) is 16.8 Å². The number of ether oxygens (including phenoxy) is 7. The minimum Gasteiger partial charge on any atom is -0.756 e. The lowest BCUT2D eigenvalue weighted by Gasteiger charge is -2.27. The third kappa shape index (κ3) is 18.7. The Hall–Kier alpha value is -7.86.